The lowest BCUT2D eigenvalue weighted by Crippen LogP contribution is -2.14. The monoisotopic (exact) mass is 534 g/mol. The fourth-order valence-corrected chi connectivity index (χ4v) is 4.49. The highest BCUT2D eigenvalue weighted by Gasteiger charge is 2.30. The Bertz CT molecular complexity index is 1530. The van der Waals surface area contributed by atoms with E-state index < -0.39 is 11.7 Å². The van der Waals surface area contributed by atoms with E-state index in [0.29, 0.717) is 23.8 Å². The van der Waals surface area contributed by atoms with Gasteiger partial charge in [-0.1, -0.05) is 43.4 Å². The number of hydrogen-bond donors (Lipinski definition) is 2. The van der Waals surface area contributed by atoms with E-state index in [1.54, 1.807) is 0 Å². The van der Waals surface area contributed by atoms with Gasteiger partial charge in [0, 0.05) is 23.9 Å². The van der Waals surface area contributed by atoms with E-state index in [1.165, 1.54) is 37.7 Å². The predicted molar refractivity (Wildman–Crippen MR) is 145 cm³/mol. The second kappa shape index (κ2) is 12.0. The molecule has 0 saturated heterocycles. The van der Waals surface area contributed by atoms with Crippen LogP contribution in [0.25, 0.3) is 11.0 Å². The SMILES string of the molecule is CNc1ccc(C)c(C#Cc2nn(C3CCCCC3)c3ncnc(N)c23)c1.O=Cc1cccc(C(F)(F)F)c1. The van der Waals surface area contributed by atoms with Crippen LogP contribution in [0, 0.1) is 18.8 Å². The number of aromatic nitrogens is 4. The van der Waals surface area contributed by atoms with Crippen LogP contribution >= 0.6 is 0 Å². The summed E-state index contributed by atoms with van der Waals surface area (Å²) < 4.78 is 38.0. The molecular weight excluding hydrogens is 505 g/mol. The fourth-order valence-electron chi connectivity index (χ4n) is 4.49. The summed E-state index contributed by atoms with van der Waals surface area (Å²) in [6.45, 7) is 2.06. The highest BCUT2D eigenvalue weighted by molar-refractivity contribution is 5.90. The fraction of sp³-hybridized carbons (Fsp3) is 0.310. The molecule has 2 aromatic carbocycles. The zero-order valence-electron chi connectivity index (χ0n) is 21.7. The Morgan fingerprint density at radius 2 is 1.85 bits per heavy atom. The minimum absolute atomic E-state index is 0.0322. The van der Waals surface area contributed by atoms with Crippen LogP contribution in [-0.4, -0.2) is 33.1 Å². The van der Waals surface area contributed by atoms with Crippen molar-refractivity contribution in [3.8, 4) is 11.8 Å². The van der Waals surface area contributed by atoms with Crippen LogP contribution in [0.4, 0.5) is 24.7 Å². The van der Waals surface area contributed by atoms with Gasteiger partial charge in [0.15, 0.2) is 5.65 Å². The van der Waals surface area contributed by atoms with Gasteiger partial charge >= 0.3 is 6.18 Å². The van der Waals surface area contributed by atoms with E-state index in [-0.39, 0.29) is 5.56 Å². The summed E-state index contributed by atoms with van der Waals surface area (Å²) in [5.74, 6) is 6.93. The average Bonchev–Trinajstić information content (AvgIpc) is 3.33. The molecule has 4 aromatic rings. The van der Waals surface area contributed by atoms with Gasteiger partial charge in [0.25, 0.3) is 0 Å². The van der Waals surface area contributed by atoms with Gasteiger partial charge in [0.05, 0.1) is 17.0 Å². The molecule has 0 aliphatic heterocycles. The van der Waals surface area contributed by atoms with Crippen LogP contribution < -0.4 is 11.1 Å². The van der Waals surface area contributed by atoms with Gasteiger partial charge in [-0.2, -0.15) is 18.3 Å². The number of anilines is 2. The van der Waals surface area contributed by atoms with Crippen LogP contribution in [0.5, 0.6) is 0 Å². The summed E-state index contributed by atoms with van der Waals surface area (Å²) in [7, 11) is 1.90. The number of aldehydes is 1. The molecule has 0 radical (unpaired) electrons. The van der Waals surface area contributed by atoms with Crippen molar-refractivity contribution >= 4 is 28.8 Å². The van der Waals surface area contributed by atoms with Crippen molar-refractivity contribution in [3.05, 3.63) is 76.7 Å². The lowest BCUT2D eigenvalue weighted by molar-refractivity contribution is -0.137. The number of hydrogen-bond acceptors (Lipinski definition) is 6. The molecule has 1 saturated carbocycles. The quantitative estimate of drug-likeness (QED) is 0.241. The number of halogens is 3. The van der Waals surface area contributed by atoms with Gasteiger partial charge in [-0.15, -0.1) is 0 Å². The zero-order valence-corrected chi connectivity index (χ0v) is 21.7. The maximum atomic E-state index is 12.0. The van der Waals surface area contributed by atoms with Crippen molar-refractivity contribution in [1.82, 2.24) is 19.7 Å². The number of carbonyl (C=O) groups excluding carboxylic acids is 1. The van der Waals surface area contributed by atoms with Crippen molar-refractivity contribution in [3.63, 3.8) is 0 Å². The Morgan fingerprint density at radius 1 is 1.08 bits per heavy atom. The summed E-state index contributed by atoms with van der Waals surface area (Å²) in [4.78, 5) is 18.7. The number of nitrogens with two attached hydrogens (primary N) is 1. The maximum absolute atomic E-state index is 12.0. The molecule has 0 unspecified atom stereocenters. The first-order chi connectivity index (χ1) is 18.7. The molecule has 1 aliphatic carbocycles. The molecule has 3 N–H and O–H groups in total. The molecule has 2 aromatic heterocycles. The molecule has 10 heteroatoms. The number of nitrogens with zero attached hydrogens (tertiary/aromatic N) is 4. The third-order valence-corrected chi connectivity index (χ3v) is 6.63. The summed E-state index contributed by atoms with van der Waals surface area (Å²) >= 11 is 0. The van der Waals surface area contributed by atoms with Gasteiger partial charge in [0.1, 0.15) is 24.1 Å². The second-order valence-corrected chi connectivity index (χ2v) is 9.31. The minimum atomic E-state index is -4.38. The number of nitrogen functional groups attached to an aromatic ring is 1. The average molecular weight is 535 g/mol. The number of benzene rings is 2. The first-order valence-corrected chi connectivity index (χ1v) is 12.6. The second-order valence-electron chi connectivity index (χ2n) is 9.31. The highest BCUT2D eigenvalue weighted by atomic mass is 19.4. The van der Waals surface area contributed by atoms with Crippen molar-refractivity contribution in [2.24, 2.45) is 0 Å². The maximum Gasteiger partial charge on any atom is 0.416 e. The molecule has 1 aliphatic rings. The molecule has 0 atom stereocenters. The van der Waals surface area contributed by atoms with Gasteiger partial charge in [-0.05, 0) is 55.5 Å². The van der Waals surface area contributed by atoms with Crippen LogP contribution in [0.15, 0.2) is 48.8 Å². The Kier molecular flexibility index (Phi) is 8.49. The molecule has 5 rings (SSSR count). The third-order valence-electron chi connectivity index (χ3n) is 6.63. The number of rotatable bonds is 3. The zero-order chi connectivity index (χ0) is 28.0. The number of aryl methyl sites for hydroxylation is 1. The normalized spacial score (nSPS) is 13.7. The van der Waals surface area contributed by atoms with Crippen LogP contribution in [0.3, 0.4) is 0 Å². The van der Waals surface area contributed by atoms with E-state index in [9.17, 15) is 18.0 Å². The Morgan fingerprint density at radius 3 is 2.54 bits per heavy atom. The van der Waals surface area contributed by atoms with Crippen LogP contribution in [-0.2, 0) is 6.18 Å². The first-order valence-electron chi connectivity index (χ1n) is 12.6. The Balaban J connectivity index is 0.000000247. The molecule has 1 fully saturated rings. The number of alkyl halides is 3. The number of nitrogens with one attached hydrogen (secondary N) is 1. The first kappa shape index (κ1) is 27.6. The highest BCUT2D eigenvalue weighted by Crippen LogP contribution is 2.32. The Hall–Kier alpha value is -4.39. The van der Waals surface area contributed by atoms with Gasteiger partial charge in [-0.25, -0.2) is 14.6 Å². The molecule has 7 nitrogen and oxygen atoms in total. The van der Waals surface area contributed by atoms with E-state index in [1.807, 2.05) is 23.9 Å². The summed E-state index contributed by atoms with van der Waals surface area (Å²) in [6.07, 6.45) is 3.51. The summed E-state index contributed by atoms with van der Waals surface area (Å²) in [5.41, 5.74) is 9.97. The van der Waals surface area contributed by atoms with Crippen molar-refractivity contribution in [2.45, 2.75) is 51.2 Å². The van der Waals surface area contributed by atoms with Gasteiger partial charge < -0.3 is 11.1 Å². The van der Waals surface area contributed by atoms with Crippen molar-refractivity contribution in [1.29, 1.82) is 0 Å². The minimum Gasteiger partial charge on any atom is -0.388 e. The number of fused-ring (bicyclic) bond motifs is 1. The standard InChI is InChI=1S/C21H24N6.C8H5F3O/c1-14-8-10-16(23-2)12-15(14)9-11-18-19-20(22)24-13-25-21(19)27(26-18)17-6-4-3-5-7-17;9-8(10,11)7-3-1-2-6(4-7)5-12/h8,10,12-13,17,23H,3-7H2,1-2H3,(H2,22,24,25);1-5H. The predicted octanol–water partition coefficient (Wildman–Crippen LogP) is 6.18. The topological polar surface area (TPSA) is 98.7 Å². The lowest BCUT2D eigenvalue weighted by atomic mass is 9.96. The molecule has 39 heavy (non-hydrogen) atoms. The Labute approximate surface area is 224 Å². The molecule has 2 heterocycles. The van der Waals surface area contributed by atoms with E-state index in [0.717, 1.165) is 52.8 Å². The molecule has 202 valence electrons. The lowest BCUT2D eigenvalue weighted by Gasteiger charge is -2.22. The largest absolute Gasteiger partial charge is 0.416 e. The number of carbonyl (C=O) groups is 1. The van der Waals surface area contributed by atoms with E-state index in [4.69, 9.17) is 10.8 Å². The van der Waals surface area contributed by atoms with Gasteiger partial charge in [-0.3, -0.25) is 4.79 Å². The summed E-state index contributed by atoms with van der Waals surface area (Å²) in [6, 6.07) is 10.8. The summed E-state index contributed by atoms with van der Waals surface area (Å²) in [5, 5.41) is 8.72. The van der Waals surface area contributed by atoms with E-state index >= 15 is 0 Å². The smallest absolute Gasteiger partial charge is 0.388 e. The van der Waals surface area contributed by atoms with Crippen molar-refractivity contribution < 1.29 is 18.0 Å². The van der Waals surface area contributed by atoms with Crippen LogP contribution in [0.2, 0.25) is 0 Å². The molecule has 0 spiro atoms. The molecule has 0 bridgehead atoms. The van der Waals surface area contributed by atoms with Crippen molar-refractivity contribution in [2.75, 3.05) is 18.1 Å². The molecule has 0 amide bonds. The molecular formula is C29H29F3N6O. The van der Waals surface area contributed by atoms with Crippen LogP contribution in [0.1, 0.15) is 70.9 Å². The van der Waals surface area contributed by atoms with E-state index in [2.05, 4.69) is 40.1 Å². The van der Waals surface area contributed by atoms with Gasteiger partial charge in [0.2, 0.25) is 0 Å². The third kappa shape index (κ3) is 6.55.